The molecule has 122 valence electrons. The lowest BCUT2D eigenvalue weighted by Gasteiger charge is -2.47. The van der Waals surface area contributed by atoms with Crippen LogP contribution in [-0.4, -0.2) is 64.8 Å². The van der Waals surface area contributed by atoms with E-state index in [1.807, 2.05) is 15.9 Å². The topological polar surface area (TPSA) is 43.9 Å². The molecule has 3 fully saturated rings. The van der Waals surface area contributed by atoms with E-state index in [0.717, 1.165) is 32.5 Å². The minimum Gasteiger partial charge on any atom is -0.329 e. The van der Waals surface area contributed by atoms with Crippen LogP contribution in [0.4, 0.5) is 0 Å². The van der Waals surface area contributed by atoms with Crippen LogP contribution in [0.3, 0.4) is 0 Å². The van der Waals surface area contributed by atoms with Crippen LogP contribution in [0.5, 0.6) is 0 Å². The van der Waals surface area contributed by atoms with Gasteiger partial charge in [0.05, 0.1) is 0 Å². The van der Waals surface area contributed by atoms with Gasteiger partial charge < -0.3 is 9.80 Å². The van der Waals surface area contributed by atoms with Gasteiger partial charge in [-0.2, -0.15) is 0 Å². The van der Waals surface area contributed by atoms with E-state index in [0.29, 0.717) is 13.1 Å². The Morgan fingerprint density at radius 1 is 1.00 bits per heavy atom. The van der Waals surface area contributed by atoms with Gasteiger partial charge in [-0.1, -0.05) is 24.3 Å². The number of carbonyl (C=O) groups is 2. The van der Waals surface area contributed by atoms with Gasteiger partial charge in [-0.3, -0.25) is 14.5 Å². The summed E-state index contributed by atoms with van der Waals surface area (Å²) in [6.45, 7) is 5.89. The summed E-state index contributed by atoms with van der Waals surface area (Å²) in [6, 6.07) is 7.91. The molecule has 5 heteroatoms. The van der Waals surface area contributed by atoms with Crippen molar-refractivity contribution < 1.29 is 9.59 Å². The predicted molar refractivity (Wildman–Crippen MR) is 86.7 cm³/mol. The molecule has 3 aliphatic heterocycles. The van der Waals surface area contributed by atoms with Crippen LogP contribution in [0.2, 0.25) is 0 Å². The standard InChI is InChI=1S/C18H23N3O2/c1-13-5-2-3-6-14(13)11-19-9-10-21-16(12-19)18(23)20-8-4-7-15(20)17(21)22/h2-3,5-6,15-16H,4,7-12H2,1H3/t15-,16-/m1/s1. The molecule has 3 aliphatic rings. The molecule has 23 heavy (non-hydrogen) atoms. The van der Waals surface area contributed by atoms with Gasteiger partial charge >= 0.3 is 0 Å². The molecule has 0 aliphatic carbocycles. The van der Waals surface area contributed by atoms with Crippen LogP contribution in [0.15, 0.2) is 24.3 Å². The molecule has 1 aromatic rings. The van der Waals surface area contributed by atoms with Crippen molar-refractivity contribution in [3.8, 4) is 0 Å². The summed E-state index contributed by atoms with van der Waals surface area (Å²) < 4.78 is 0. The average molecular weight is 313 g/mol. The molecule has 3 heterocycles. The van der Waals surface area contributed by atoms with E-state index in [1.54, 1.807) is 0 Å². The zero-order valence-electron chi connectivity index (χ0n) is 13.6. The number of carbonyl (C=O) groups excluding carboxylic acids is 2. The minimum absolute atomic E-state index is 0.154. The number of rotatable bonds is 2. The van der Waals surface area contributed by atoms with Gasteiger partial charge in [0.25, 0.3) is 0 Å². The molecule has 0 saturated carbocycles. The number of hydrogen-bond acceptors (Lipinski definition) is 3. The molecule has 0 unspecified atom stereocenters. The van der Waals surface area contributed by atoms with Gasteiger partial charge in [-0.15, -0.1) is 0 Å². The van der Waals surface area contributed by atoms with Crippen molar-refractivity contribution in [3.05, 3.63) is 35.4 Å². The van der Waals surface area contributed by atoms with Gasteiger partial charge in [-0.05, 0) is 30.9 Å². The number of fused-ring (bicyclic) bond motifs is 2. The Kier molecular flexibility index (Phi) is 3.60. The van der Waals surface area contributed by atoms with Crippen molar-refractivity contribution in [3.63, 3.8) is 0 Å². The quantitative estimate of drug-likeness (QED) is 0.818. The highest BCUT2D eigenvalue weighted by Crippen LogP contribution is 2.29. The van der Waals surface area contributed by atoms with Crippen molar-refractivity contribution in [1.29, 1.82) is 0 Å². The zero-order chi connectivity index (χ0) is 16.0. The molecule has 0 N–H and O–H groups in total. The van der Waals surface area contributed by atoms with Crippen LogP contribution >= 0.6 is 0 Å². The molecule has 0 radical (unpaired) electrons. The molecule has 5 nitrogen and oxygen atoms in total. The molecule has 4 rings (SSSR count). The largest absolute Gasteiger partial charge is 0.329 e. The highest BCUT2D eigenvalue weighted by Gasteiger charge is 2.49. The van der Waals surface area contributed by atoms with Crippen molar-refractivity contribution in [2.45, 2.75) is 38.4 Å². The normalized spacial score (nSPS) is 28.0. The third-order valence-corrected chi connectivity index (χ3v) is 5.51. The van der Waals surface area contributed by atoms with Crippen LogP contribution in [-0.2, 0) is 16.1 Å². The van der Waals surface area contributed by atoms with Gasteiger partial charge in [0.1, 0.15) is 12.1 Å². The molecular formula is C18H23N3O2. The second-order valence-corrected chi connectivity index (χ2v) is 6.90. The van der Waals surface area contributed by atoms with Crippen LogP contribution in [0.25, 0.3) is 0 Å². The van der Waals surface area contributed by atoms with E-state index in [-0.39, 0.29) is 23.9 Å². The van der Waals surface area contributed by atoms with Gasteiger partial charge in [-0.25, -0.2) is 0 Å². The number of amides is 2. The number of aryl methyl sites for hydroxylation is 1. The van der Waals surface area contributed by atoms with Crippen molar-refractivity contribution in [1.82, 2.24) is 14.7 Å². The van der Waals surface area contributed by atoms with E-state index in [2.05, 4.69) is 30.0 Å². The highest BCUT2D eigenvalue weighted by molar-refractivity contribution is 5.97. The van der Waals surface area contributed by atoms with Crippen molar-refractivity contribution >= 4 is 11.8 Å². The second-order valence-electron chi connectivity index (χ2n) is 6.90. The molecule has 0 bridgehead atoms. The van der Waals surface area contributed by atoms with Crippen molar-refractivity contribution in [2.24, 2.45) is 0 Å². The molecule has 1 aromatic carbocycles. The molecule has 2 atom stereocenters. The molecular weight excluding hydrogens is 290 g/mol. The maximum atomic E-state index is 12.8. The minimum atomic E-state index is -0.283. The average Bonchev–Trinajstić information content (AvgIpc) is 3.05. The fraction of sp³-hybridized carbons (Fsp3) is 0.556. The summed E-state index contributed by atoms with van der Waals surface area (Å²) in [5.41, 5.74) is 2.58. The fourth-order valence-corrected chi connectivity index (χ4v) is 4.16. The van der Waals surface area contributed by atoms with E-state index in [1.165, 1.54) is 11.1 Å². The van der Waals surface area contributed by atoms with Gasteiger partial charge in [0.15, 0.2) is 0 Å². The van der Waals surface area contributed by atoms with Gasteiger partial charge in [0.2, 0.25) is 11.8 Å². The Morgan fingerprint density at radius 3 is 2.57 bits per heavy atom. The first-order valence-corrected chi connectivity index (χ1v) is 8.53. The lowest BCUT2D eigenvalue weighted by Crippen LogP contribution is -2.68. The summed E-state index contributed by atoms with van der Waals surface area (Å²) in [4.78, 5) is 31.3. The number of nitrogens with zero attached hydrogens (tertiary/aromatic N) is 3. The summed E-state index contributed by atoms with van der Waals surface area (Å²) in [6.07, 6.45) is 1.79. The summed E-state index contributed by atoms with van der Waals surface area (Å²) >= 11 is 0. The lowest BCUT2D eigenvalue weighted by atomic mass is 10.0. The van der Waals surface area contributed by atoms with Crippen molar-refractivity contribution in [2.75, 3.05) is 26.2 Å². The fourth-order valence-electron chi connectivity index (χ4n) is 4.16. The van der Waals surface area contributed by atoms with Crippen LogP contribution < -0.4 is 0 Å². The Hall–Kier alpha value is -1.88. The number of hydrogen-bond donors (Lipinski definition) is 0. The van der Waals surface area contributed by atoms with E-state index in [4.69, 9.17) is 0 Å². The molecule has 0 spiro atoms. The second kappa shape index (κ2) is 5.64. The first-order chi connectivity index (χ1) is 11.1. The summed E-state index contributed by atoms with van der Waals surface area (Å²) in [5.74, 6) is 0.323. The predicted octanol–water partition coefficient (Wildman–Crippen LogP) is 1.01. The molecule has 0 aromatic heterocycles. The first kappa shape index (κ1) is 14.7. The maximum Gasteiger partial charge on any atom is 0.247 e. The third kappa shape index (κ3) is 2.43. The lowest BCUT2D eigenvalue weighted by molar-refractivity contribution is -0.163. The third-order valence-electron chi connectivity index (χ3n) is 5.51. The van der Waals surface area contributed by atoms with Gasteiger partial charge in [0, 0.05) is 32.7 Å². The van der Waals surface area contributed by atoms with E-state index >= 15 is 0 Å². The number of benzene rings is 1. The maximum absolute atomic E-state index is 12.8. The molecule has 2 amide bonds. The van der Waals surface area contributed by atoms with E-state index < -0.39 is 0 Å². The highest BCUT2D eigenvalue weighted by atomic mass is 16.2. The number of piperazine rings is 2. The Morgan fingerprint density at radius 2 is 1.74 bits per heavy atom. The smallest absolute Gasteiger partial charge is 0.247 e. The summed E-state index contributed by atoms with van der Waals surface area (Å²) in [7, 11) is 0. The molecule has 3 saturated heterocycles. The Balaban J connectivity index is 1.51. The van der Waals surface area contributed by atoms with Crippen LogP contribution in [0, 0.1) is 6.92 Å². The van der Waals surface area contributed by atoms with Crippen LogP contribution in [0.1, 0.15) is 24.0 Å². The Bertz CT molecular complexity index is 645. The SMILES string of the molecule is Cc1ccccc1CN1CCN2C(=O)[C@H]3CCCN3C(=O)[C@H]2C1. The summed E-state index contributed by atoms with van der Waals surface area (Å²) in [5, 5.41) is 0. The zero-order valence-corrected chi connectivity index (χ0v) is 13.6. The monoisotopic (exact) mass is 313 g/mol. The first-order valence-electron chi connectivity index (χ1n) is 8.53. The Labute approximate surface area is 136 Å². The van der Waals surface area contributed by atoms with E-state index in [9.17, 15) is 9.59 Å².